The zero-order valence-electron chi connectivity index (χ0n) is 62.1. The first-order valence-corrected chi connectivity index (χ1v) is 34.4. The number of hydrogen-bond donors (Lipinski definition) is 2. The molecule has 2 saturated heterocycles. The number of aliphatic hydroxyl groups is 2. The van der Waals surface area contributed by atoms with E-state index in [0.29, 0.717) is 22.6 Å². The second kappa shape index (κ2) is 31.1. The van der Waals surface area contributed by atoms with Crippen molar-refractivity contribution in [3.63, 3.8) is 0 Å². The summed E-state index contributed by atoms with van der Waals surface area (Å²) in [5, 5.41) is 20.9. The molecule has 0 unspecified atom stereocenters. The predicted octanol–water partition coefficient (Wildman–Crippen LogP) is 7.19. The molecule has 10 aromatic rings. The number of hydrogen-bond acceptors (Lipinski definition) is 30. The Labute approximate surface area is 627 Å². The van der Waals surface area contributed by atoms with Crippen LogP contribution in [-0.2, 0) is 75.1 Å². The van der Waals surface area contributed by atoms with Crippen molar-refractivity contribution in [3.05, 3.63) is 181 Å². The molecule has 2 fully saturated rings. The average Bonchev–Trinajstić information content (AvgIpc) is 1.59. The van der Waals surface area contributed by atoms with E-state index in [9.17, 15) is 48.6 Å². The minimum Gasteiger partial charge on any atom is -0.458 e. The summed E-state index contributed by atoms with van der Waals surface area (Å²) in [7, 11) is 0. The second-order valence-corrected chi connectivity index (χ2v) is 28.1. The number of benzene rings is 2. The first-order valence-electron chi connectivity index (χ1n) is 34.1. The number of carbonyl (C=O) groups is 4. The maximum atomic E-state index is 16.0. The first kappa shape index (κ1) is 79.3. The van der Waals surface area contributed by atoms with Gasteiger partial charge in [-0.15, -0.1) is 12.8 Å². The molecular weight excluding hydrogens is 1470 g/mol. The summed E-state index contributed by atoms with van der Waals surface area (Å²) in [6.07, 6.45) is 8.64. The molecule has 12 rings (SSSR count). The second-order valence-electron chi connectivity index (χ2n) is 27.8. The number of carbonyl (C=O) groups excluding carboxylic acids is 4. The molecular formula is C74H76ClFN10O24. The zero-order chi connectivity index (χ0) is 80.0. The fourth-order valence-corrected chi connectivity index (χ4v) is 14.0. The summed E-state index contributed by atoms with van der Waals surface area (Å²) in [5.41, 5.74) is -0.214. The number of terminal acetylenes is 2. The Morgan fingerprint density at radius 2 is 0.945 bits per heavy atom. The normalized spacial score (nSPS) is 18.9. The summed E-state index contributed by atoms with van der Waals surface area (Å²) < 4.78 is 97.0. The van der Waals surface area contributed by atoms with Gasteiger partial charge in [-0.3, -0.25) is 47.4 Å². The maximum absolute atomic E-state index is 16.0. The van der Waals surface area contributed by atoms with E-state index in [0.717, 1.165) is 26.8 Å². The third-order valence-corrected chi connectivity index (χ3v) is 18.9. The Kier molecular flexibility index (Phi) is 22.4. The van der Waals surface area contributed by atoms with Gasteiger partial charge < -0.3 is 74.0 Å². The molecule has 0 aliphatic carbocycles. The van der Waals surface area contributed by atoms with Gasteiger partial charge >= 0.3 is 47.2 Å². The molecule has 110 heavy (non-hydrogen) atoms. The number of ether oxygens (including phenoxy) is 6. The average molecular weight is 1540 g/mol. The molecule has 2 N–H and O–H groups in total. The minimum atomic E-state index is -1.81. The van der Waals surface area contributed by atoms with Gasteiger partial charge in [0.25, 0.3) is 6.08 Å². The Balaban J connectivity index is 0.000000218. The number of nitrogens with zero attached hydrogens (tertiary/aromatic N) is 10. The van der Waals surface area contributed by atoms with Crippen molar-refractivity contribution in [2.75, 3.05) is 13.2 Å². The lowest BCUT2D eigenvalue weighted by molar-refractivity contribution is -0.160. The van der Waals surface area contributed by atoms with E-state index in [2.05, 4.69) is 41.8 Å². The molecule has 2 aromatic carbocycles. The standard InChI is InChI=1S/C37H38ClN5O12.C37H38FN5O12/c2*1-9-37(16-44)26(54-28(46)13-36(7,8)29-19(3)10-18(2)11-23(29)51-22(6)45)12-27(55-37)43-17-40-30-31(39-14-24-20(4)49-34(47)52-24)42(33(38)41-32(30)43)15-25-21(5)50-35(48)53-25/h2*1,10-11,17,26-27,44H,12-16H2,2-8H3/t2*26-,27+,37+/m00/s1. The molecule has 36 heteroatoms. The molecule has 10 heterocycles. The van der Waals surface area contributed by atoms with E-state index in [-0.39, 0.29) is 137 Å². The largest absolute Gasteiger partial charge is 0.519 e. The van der Waals surface area contributed by atoms with Crippen molar-refractivity contribution in [1.29, 1.82) is 0 Å². The van der Waals surface area contributed by atoms with Crippen molar-refractivity contribution in [2.45, 2.75) is 195 Å². The highest BCUT2D eigenvalue weighted by atomic mass is 35.5. The fourth-order valence-electron chi connectivity index (χ4n) is 13.7. The van der Waals surface area contributed by atoms with Crippen LogP contribution in [-0.4, -0.2) is 109 Å². The Morgan fingerprint density at radius 1 is 0.582 bits per heavy atom. The maximum Gasteiger partial charge on any atom is 0.519 e. The highest BCUT2D eigenvalue weighted by Crippen LogP contribution is 2.45. The van der Waals surface area contributed by atoms with E-state index in [1.165, 1.54) is 54.1 Å². The number of fused-ring (bicyclic) bond motifs is 2. The number of halogens is 2. The van der Waals surface area contributed by atoms with Crippen LogP contribution in [0.4, 0.5) is 4.39 Å². The van der Waals surface area contributed by atoms with Crippen molar-refractivity contribution >= 4 is 57.8 Å². The first-order chi connectivity index (χ1) is 51.9. The lowest BCUT2D eigenvalue weighted by Gasteiger charge is -2.31. The molecule has 8 aromatic heterocycles. The predicted molar refractivity (Wildman–Crippen MR) is 377 cm³/mol. The quantitative estimate of drug-likeness (QED) is 0.0293. The summed E-state index contributed by atoms with van der Waals surface area (Å²) in [6, 6.07) is 7.31. The van der Waals surface area contributed by atoms with E-state index < -0.39 is 113 Å². The highest BCUT2D eigenvalue weighted by molar-refractivity contribution is 6.28. The lowest BCUT2D eigenvalue weighted by Crippen LogP contribution is -2.44. The number of rotatable bonds is 22. The number of aryl methyl sites for hydroxylation is 8. The number of imidazole rings is 2. The van der Waals surface area contributed by atoms with Crippen LogP contribution in [0, 0.1) is 86.2 Å². The van der Waals surface area contributed by atoms with Crippen molar-refractivity contribution in [3.8, 4) is 36.2 Å². The van der Waals surface area contributed by atoms with Crippen LogP contribution in [0.3, 0.4) is 0 Å². The molecule has 34 nitrogen and oxygen atoms in total. The Bertz CT molecular complexity index is 5440. The van der Waals surface area contributed by atoms with Crippen LogP contribution < -0.4 is 43.7 Å². The zero-order valence-corrected chi connectivity index (χ0v) is 62.9. The lowest BCUT2D eigenvalue weighted by atomic mass is 9.78. The molecule has 0 radical (unpaired) electrons. The van der Waals surface area contributed by atoms with Crippen molar-refractivity contribution in [2.24, 2.45) is 9.98 Å². The molecule has 6 atom stereocenters. The van der Waals surface area contributed by atoms with Gasteiger partial charge in [0.15, 0.2) is 67.5 Å². The van der Waals surface area contributed by atoms with E-state index in [1.807, 2.05) is 67.5 Å². The van der Waals surface area contributed by atoms with Crippen LogP contribution in [0.5, 0.6) is 11.5 Å². The number of aliphatic hydroxyl groups excluding tert-OH is 2. The summed E-state index contributed by atoms with van der Waals surface area (Å²) >= 11 is 6.75. The number of esters is 4. The van der Waals surface area contributed by atoms with Crippen LogP contribution >= 0.6 is 11.6 Å². The highest BCUT2D eigenvalue weighted by Gasteiger charge is 2.53. The van der Waals surface area contributed by atoms with Crippen molar-refractivity contribution in [1.82, 2.24) is 38.2 Å². The summed E-state index contributed by atoms with van der Waals surface area (Å²) in [6.45, 7) is 21.0. The summed E-state index contributed by atoms with van der Waals surface area (Å²) in [5.74, 6) is 0.548. The SMILES string of the molecule is C#C[C@]1(CO)O[C@@H](n2cnc3c(=NCc4oc(=O)oc4C)n(Cc4oc(=O)oc4C)c(Cl)nc32)C[C@@H]1OC(=O)CC(C)(C)c1c(C)cc(C)cc1OC(C)=O.C#C[C@]1(CO)O[C@@H](n2cnc3c(=NCc4oc(=O)oc4C)n(Cc4oc(=O)oc4C)c(F)nc32)C[C@@H]1OC(=O)CC(C)(C)c1c(C)cc(C)cc1OC(C)=O. The fraction of sp³-hybridized carbons (Fsp3) is 0.432. The van der Waals surface area contributed by atoms with E-state index in [4.69, 9.17) is 88.2 Å². The Hall–Kier alpha value is -11.8. The molecule has 2 aliphatic heterocycles. The molecule has 2 aliphatic rings. The van der Waals surface area contributed by atoms with Crippen molar-refractivity contribution < 1.29 is 97.5 Å². The van der Waals surface area contributed by atoms with Gasteiger partial charge in [-0.05, 0) is 101 Å². The molecule has 0 bridgehead atoms. The minimum absolute atomic E-state index is 0.00851. The smallest absolute Gasteiger partial charge is 0.458 e. The topological polar surface area (TPSA) is 434 Å². The van der Waals surface area contributed by atoms with E-state index in [1.54, 1.807) is 26.0 Å². The van der Waals surface area contributed by atoms with Gasteiger partial charge in [-0.1, -0.05) is 51.7 Å². The van der Waals surface area contributed by atoms with Crippen LogP contribution in [0.25, 0.3) is 22.3 Å². The van der Waals surface area contributed by atoms with Gasteiger partial charge in [0.2, 0.25) is 5.28 Å². The third-order valence-electron chi connectivity index (χ3n) is 18.6. The molecule has 580 valence electrons. The van der Waals surface area contributed by atoms with Crippen LogP contribution in [0.1, 0.15) is 159 Å². The van der Waals surface area contributed by atoms with E-state index >= 15 is 4.39 Å². The van der Waals surface area contributed by atoms with Gasteiger partial charge in [-0.25, -0.2) is 29.1 Å². The third kappa shape index (κ3) is 16.2. The molecule has 0 amide bonds. The molecule has 0 spiro atoms. The van der Waals surface area contributed by atoms with Crippen LogP contribution in [0.15, 0.2) is 101 Å². The number of aromatic nitrogens is 8. The Morgan fingerprint density at radius 3 is 1.30 bits per heavy atom. The van der Waals surface area contributed by atoms with Gasteiger partial charge in [0, 0.05) is 48.6 Å². The van der Waals surface area contributed by atoms with Gasteiger partial charge in [0.05, 0.1) is 51.8 Å². The summed E-state index contributed by atoms with van der Waals surface area (Å²) in [4.78, 5) is 125. The monoisotopic (exact) mass is 1540 g/mol. The molecule has 0 saturated carbocycles. The van der Waals surface area contributed by atoms with Gasteiger partial charge in [0.1, 0.15) is 72.3 Å². The van der Waals surface area contributed by atoms with Gasteiger partial charge in [-0.2, -0.15) is 14.4 Å². The van der Waals surface area contributed by atoms with Crippen LogP contribution in [0.2, 0.25) is 5.28 Å².